The predicted octanol–water partition coefficient (Wildman–Crippen LogP) is 3.65. The number of hydrogen-bond donors (Lipinski definition) is 1. The molecule has 2 aromatic carbocycles. The van der Waals surface area contributed by atoms with E-state index in [2.05, 4.69) is 0 Å². The van der Waals surface area contributed by atoms with Crippen molar-refractivity contribution in [3.8, 4) is 0 Å². The molecule has 0 spiro atoms. The average molecular weight is 324 g/mol. The number of anilines is 1. The number of hydrogen-bond acceptors (Lipinski definition) is 3. The van der Waals surface area contributed by atoms with Crippen LogP contribution in [-0.4, -0.2) is 8.42 Å². The Kier molecular flexibility index (Phi) is 4.59. The van der Waals surface area contributed by atoms with E-state index >= 15 is 0 Å². The molecule has 0 aliphatic heterocycles. The molecule has 0 heterocycles. The zero-order valence-corrected chi connectivity index (χ0v) is 13.6. The normalized spacial score (nSPS) is 11.6. The first kappa shape index (κ1) is 15.9. The molecule has 0 aromatic heterocycles. The summed E-state index contributed by atoms with van der Waals surface area (Å²) < 4.78 is 24.6. The highest BCUT2D eigenvalue weighted by molar-refractivity contribution is 7.89. The second kappa shape index (κ2) is 6.08. The van der Waals surface area contributed by atoms with Gasteiger partial charge in [0.2, 0.25) is 0 Å². The van der Waals surface area contributed by atoms with Crippen LogP contribution in [0.4, 0.5) is 5.69 Å². The second-order valence-electron chi connectivity index (χ2n) is 5.38. The molecule has 0 saturated heterocycles. The summed E-state index contributed by atoms with van der Waals surface area (Å²) >= 11 is 5.84. The Labute approximate surface area is 130 Å². The number of nitrogens with two attached hydrogens (primary N) is 1. The van der Waals surface area contributed by atoms with Gasteiger partial charge in [0, 0.05) is 0 Å². The lowest BCUT2D eigenvalue weighted by Crippen LogP contribution is -2.08. The molecule has 0 amide bonds. The molecule has 21 heavy (non-hydrogen) atoms. The first-order chi connectivity index (χ1) is 9.75. The highest BCUT2D eigenvalue weighted by Gasteiger charge is 2.14. The maximum absolute atomic E-state index is 12.3. The summed E-state index contributed by atoms with van der Waals surface area (Å²) in [6.45, 7) is 3.92. The van der Waals surface area contributed by atoms with Crippen molar-refractivity contribution in [3.05, 3.63) is 63.7 Å². The minimum absolute atomic E-state index is 0.0258. The molecule has 2 aromatic rings. The standard InChI is InChI=1S/C16H18ClNO2S/c1-11-5-12(2)7-14(6-11)10-21(19,20)9-13-3-4-15(17)16(18)8-13/h3-8H,9-10,18H2,1-2H3. The topological polar surface area (TPSA) is 60.2 Å². The van der Waals surface area contributed by atoms with Crippen LogP contribution in [0, 0.1) is 13.8 Å². The van der Waals surface area contributed by atoms with E-state index in [-0.39, 0.29) is 11.5 Å². The van der Waals surface area contributed by atoms with Gasteiger partial charge in [-0.2, -0.15) is 0 Å². The zero-order chi connectivity index (χ0) is 15.6. The smallest absolute Gasteiger partial charge is 0.158 e. The Balaban J connectivity index is 2.20. The van der Waals surface area contributed by atoms with Crippen LogP contribution < -0.4 is 5.73 Å². The number of benzene rings is 2. The van der Waals surface area contributed by atoms with Crippen molar-refractivity contribution in [2.24, 2.45) is 0 Å². The largest absolute Gasteiger partial charge is 0.398 e. The van der Waals surface area contributed by atoms with Gasteiger partial charge in [-0.1, -0.05) is 47.0 Å². The van der Waals surface area contributed by atoms with Crippen LogP contribution in [0.15, 0.2) is 36.4 Å². The van der Waals surface area contributed by atoms with Crippen molar-refractivity contribution in [2.75, 3.05) is 5.73 Å². The summed E-state index contributed by atoms with van der Waals surface area (Å²) in [7, 11) is -3.25. The number of halogens is 1. The lowest BCUT2D eigenvalue weighted by Gasteiger charge is -2.08. The van der Waals surface area contributed by atoms with E-state index in [0.717, 1.165) is 16.7 Å². The lowest BCUT2D eigenvalue weighted by molar-refractivity contribution is 0.594. The summed E-state index contributed by atoms with van der Waals surface area (Å²) in [4.78, 5) is 0. The molecule has 0 radical (unpaired) electrons. The van der Waals surface area contributed by atoms with Gasteiger partial charge in [0.25, 0.3) is 0 Å². The molecule has 0 aliphatic rings. The van der Waals surface area contributed by atoms with E-state index in [4.69, 9.17) is 17.3 Å². The monoisotopic (exact) mass is 323 g/mol. The Hall–Kier alpha value is -1.52. The third kappa shape index (κ3) is 4.48. The SMILES string of the molecule is Cc1cc(C)cc(CS(=O)(=O)Cc2ccc(Cl)c(N)c2)c1. The van der Waals surface area contributed by atoms with Gasteiger partial charge >= 0.3 is 0 Å². The van der Waals surface area contributed by atoms with Crippen LogP contribution in [0.1, 0.15) is 22.3 Å². The molecule has 0 saturated carbocycles. The fourth-order valence-corrected chi connectivity index (χ4v) is 3.98. The van der Waals surface area contributed by atoms with Crippen LogP contribution in [0.2, 0.25) is 5.02 Å². The summed E-state index contributed by atoms with van der Waals surface area (Å²) in [5.41, 5.74) is 9.70. The third-order valence-corrected chi connectivity index (χ3v) is 5.01. The van der Waals surface area contributed by atoms with Gasteiger partial charge in [0.15, 0.2) is 9.84 Å². The van der Waals surface area contributed by atoms with Gasteiger partial charge in [-0.15, -0.1) is 0 Å². The number of rotatable bonds is 4. The third-order valence-electron chi connectivity index (χ3n) is 3.12. The van der Waals surface area contributed by atoms with Crippen LogP contribution in [0.25, 0.3) is 0 Å². The molecule has 0 unspecified atom stereocenters. The lowest BCUT2D eigenvalue weighted by atomic mass is 10.1. The fraction of sp³-hybridized carbons (Fsp3) is 0.250. The van der Waals surface area contributed by atoms with Gasteiger partial charge in [0.1, 0.15) is 0 Å². The number of sulfone groups is 1. The molecule has 0 aliphatic carbocycles. The molecule has 2 rings (SSSR count). The van der Waals surface area contributed by atoms with Crippen molar-refractivity contribution < 1.29 is 8.42 Å². The van der Waals surface area contributed by atoms with Crippen molar-refractivity contribution in [2.45, 2.75) is 25.4 Å². The average Bonchev–Trinajstić information content (AvgIpc) is 2.31. The van der Waals surface area contributed by atoms with Gasteiger partial charge in [-0.3, -0.25) is 0 Å². The predicted molar refractivity (Wildman–Crippen MR) is 88.1 cm³/mol. The molecular weight excluding hydrogens is 306 g/mol. The minimum atomic E-state index is -3.25. The maximum Gasteiger partial charge on any atom is 0.158 e. The van der Waals surface area contributed by atoms with E-state index in [1.54, 1.807) is 18.2 Å². The van der Waals surface area contributed by atoms with Crippen LogP contribution in [0.5, 0.6) is 0 Å². The first-order valence-electron chi connectivity index (χ1n) is 6.57. The fourth-order valence-electron chi connectivity index (χ4n) is 2.39. The van der Waals surface area contributed by atoms with Crippen molar-refractivity contribution in [1.82, 2.24) is 0 Å². The Morgan fingerprint density at radius 1 is 0.952 bits per heavy atom. The van der Waals surface area contributed by atoms with Gasteiger partial charge < -0.3 is 5.73 Å². The van der Waals surface area contributed by atoms with E-state index in [1.807, 2.05) is 32.0 Å². The maximum atomic E-state index is 12.3. The van der Waals surface area contributed by atoms with E-state index < -0.39 is 9.84 Å². The van der Waals surface area contributed by atoms with E-state index in [1.165, 1.54) is 0 Å². The Morgan fingerprint density at radius 2 is 1.52 bits per heavy atom. The van der Waals surface area contributed by atoms with Gasteiger partial charge in [0.05, 0.1) is 22.2 Å². The molecule has 5 heteroatoms. The molecule has 112 valence electrons. The van der Waals surface area contributed by atoms with E-state index in [0.29, 0.717) is 16.3 Å². The van der Waals surface area contributed by atoms with Crippen LogP contribution in [0.3, 0.4) is 0 Å². The molecule has 0 fully saturated rings. The first-order valence-corrected chi connectivity index (χ1v) is 8.76. The molecule has 0 atom stereocenters. The minimum Gasteiger partial charge on any atom is -0.398 e. The van der Waals surface area contributed by atoms with E-state index in [9.17, 15) is 8.42 Å². The van der Waals surface area contributed by atoms with Crippen molar-refractivity contribution >= 4 is 27.1 Å². The van der Waals surface area contributed by atoms with Gasteiger partial charge in [-0.25, -0.2) is 8.42 Å². The van der Waals surface area contributed by atoms with Crippen molar-refractivity contribution in [1.29, 1.82) is 0 Å². The number of nitrogen functional groups attached to an aromatic ring is 1. The summed E-state index contributed by atoms with van der Waals surface area (Å²) in [5, 5.41) is 0.436. The quantitative estimate of drug-likeness (QED) is 0.874. The second-order valence-corrected chi connectivity index (χ2v) is 7.86. The van der Waals surface area contributed by atoms with Crippen molar-refractivity contribution in [3.63, 3.8) is 0 Å². The summed E-state index contributed by atoms with van der Waals surface area (Å²) in [6, 6.07) is 10.8. The van der Waals surface area contributed by atoms with Crippen LogP contribution in [-0.2, 0) is 21.3 Å². The van der Waals surface area contributed by atoms with Crippen LogP contribution >= 0.6 is 11.6 Å². The molecule has 0 bridgehead atoms. The van der Waals surface area contributed by atoms with Gasteiger partial charge in [-0.05, 0) is 37.1 Å². The molecule has 3 nitrogen and oxygen atoms in total. The Morgan fingerprint density at radius 3 is 2.10 bits per heavy atom. The molecular formula is C16H18ClNO2S. The Bertz CT molecular complexity index is 750. The zero-order valence-electron chi connectivity index (χ0n) is 12.1. The summed E-state index contributed by atoms with van der Waals surface area (Å²) in [6.07, 6.45) is 0. The number of aryl methyl sites for hydroxylation is 2. The highest BCUT2D eigenvalue weighted by atomic mass is 35.5. The summed E-state index contributed by atoms with van der Waals surface area (Å²) in [5.74, 6) is -0.0145. The highest BCUT2D eigenvalue weighted by Crippen LogP contribution is 2.22. The molecule has 2 N–H and O–H groups in total.